The van der Waals surface area contributed by atoms with Crippen LogP contribution in [0.2, 0.25) is 5.02 Å². The summed E-state index contributed by atoms with van der Waals surface area (Å²) in [6, 6.07) is 3.49. The summed E-state index contributed by atoms with van der Waals surface area (Å²) in [4.78, 5) is 4.25. The molecule has 2 aromatic heterocycles. The minimum atomic E-state index is -2.94. The summed E-state index contributed by atoms with van der Waals surface area (Å²) in [6.45, 7) is 0.354. The van der Waals surface area contributed by atoms with Crippen molar-refractivity contribution in [2.75, 3.05) is 17.6 Å². The Balaban J connectivity index is 1.75. The van der Waals surface area contributed by atoms with Gasteiger partial charge in [0.2, 0.25) is 5.95 Å². The van der Waals surface area contributed by atoms with Crippen LogP contribution in [0.25, 0.3) is 5.65 Å². The average Bonchev–Trinajstić information content (AvgIpc) is 2.88. The van der Waals surface area contributed by atoms with E-state index in [9.17, 15) is 8.42 Å². The quantitative estimate of drug-likeness (QED) is 0.926. The third-order valence-electron chi connectivity index (χ3n) is 3.25. The Hall–Kier alpha value is -1.34. The zero-order chi connectivity index (χ0) is 13.5. The van der Waals surface area contributed by atoms with Gasteiger partial charge < -0.3 is 5.32 Å². The second kappa shape index (κ2) is 4.64. The number of rotatable bonds is 3. The molecule has 1 fully saturated rings. The van der Waals surface area contributed by atoms with Gasteiger partial charge in [-0.2, -0.15) is 4.98 Å². The summed E-state index contributed by atoms with van der Waals surface area (Å²) >= 11 is 5.86. The third kappa shape index (κ3) is 2.52. The molecule has 1 aliphatic rings. The maximum atomic E-state index is 11.7. The molecule has 0 aromatic carbocycles. The Kier molecular flexibility index (Phi) is 3.10. The molecule has 0 aliphatic carbocycles. The van der Waals surface area contributed by atoms with Crippen LogP contribution < -0.4 is 5.32 Å². The number of sulfone groups is 1. The van der Waals surface area contributed by atoms with Gasteiger partial charge in [0.05, 0.1) is 16.0 Å². The largest absolute Gasteiger partial charge is 0.352 e. The van der Waals surface area contributed by atoms with Crippen LogP contribution in [0.1, 0.15) is 12.8 Å². The fraction of sp³-hybridized carbons (Fsp3) is 0.455. The highest BCUT2D eigenvalue weighted by atomic mass is 35.5. The molecular weight excluding hydrogens is 288 g/mol. The Morgan fingerprint density at radius 3 is 3.05 bits per heavy atom. The summed E-state index contributed by atoms with van der Waals surface area (Å²) < 4.78 is 25.0. The van der Waals surface area contributed by atoms with Crippen molar-refractivity contribution in [3.8, 4) is 0 Å². The molecule has 102 valence electrons. The molecule has 1 atom stereocenters. The van der Waals surface area contributed by atoms with Crippen LogP contribution in [0.3, 0.4) is 0 Å². The van der Waals surface area contributed by atoms with Crippen molar-refractivity contribution in [1.29, 1.82) is 0 Å². The summed E-state index contributed by atoms with van der Waals surface area (Å²) in [6.07, 6.45) is 3.10. The van der Waals surface area contributed by atoms with Gasteiger partial charge in [-0.1, -0.05) is 11.6 Å². The Labute approximate surface area is 115 Å². The summed E-state index contributed by atoms with van der Waals surface area (Å²) in [5.74, 6) is 0.706. The first-order valence-electron chi connectivity index (χ1n) is 6.02. The lowest BCUT2D eigenvalue weighted by atomic mass is 10.2. The van der Waals surface area contributed by atoms with Gasteiger partial charge in [0, 0.05) is 12.7 Å². The standard InChI is InChI=1S/C11H13ClN4O2S/c12-8-3-4-10-14-11(15-16(10)7-8)13-6-9-2-1-5-19(9,17)18/h3-4,7,9H,1-2,5-6H2,(H,13,15). The highest BCUT2D eigenvalue weighted by Gasteiger charge is 2.31. The van der Waals surface area contributed by atoms with Crippen LogP contribution in [-0.2, 0) is 9.84 Å². The SMILES string of the molecule is O=S1(=O)CCCC1CNc1nc2ccc(Cl)cn2n1. The predicted octanol–water partition coefficient (Wildman–Crippen LogP) is 1.37. The number of anilines is 1. The molecule has 1 N–H and O–H groups in total. The molecule has 1 aliphatic heterocycles. The van der Waals surface area contributed by atoms with E-state index in [0.717, 1.165) is 6.42 Å². The topological polar surface area (TPSA) is 76.4 Å². The van der Waals surface area contributed by atoms with Crippen molar-refractivity contribution in [2.45, 2.75) is 18.1 Å². The molecule has 3 rings (SSSR count). The first-order valence-corrected chi connectivity index (χ1v) is 8.11. The van der Waals surface area contributed by atoms with Gasteiger partial charge in [-0.25, -0.2) is 12.9 Å². The highest BCUT2D eigenvalue weighted by molar-refractivity contribution is 7.92. The second-order valence-corrected chi connectivity index (χ2v) is 7.43. The summed E-state index contributed by atoms with van der Waals surface area (Å²) in [7, 11) is -2.94. The van der Waals surface area contributed by atoms with E-state index in [1.54, 1.807) is 22.8 Å². The van der Waals surface area contributed by atoms with Gasteiger partial charge in [0.25, 0.3) is 0 Å². The van der Waals surface area contributed by atoms with Crippen LogP contribution in [0, 0.1) is 0 Å². The van der Waals surface area contributed by atoms with E-state index in [0.29, 0.717) is 29.6 Å². The van der Waals surface area contributed by atoms with E-state index in [-0.39, 0.29) is 11.0 Å². The zero-order valence-electron chi connectivity index (χ0n) is 10.1. The zero-order valence-corrected chi connectivity index (χ0v) is 11.7. The number of pyridine rings is 1. The monoisotopic (exact) mass is 300 g/mol. The van der Waals surface area contributed by atoms with Crippen molar-refractivity contribution in [2.24, 2.45) is 0 Å². The molecule has 6 nitrogen and oxygen atoms in total. The van der Waals surface area contributed by atoms with Crippen LogP contribution >= 0.6 is 11.6 Å². The minimum absolute atomic E-state index is 0.285. The predicted molar refractivity (Wildman–Crippen MR) is 73.3 cm³/mol. The van der Waals surface area contributed by atoms with Gasteiger partial charge in [-0.15, -0.1) is 5.10 Å². The molecule has 0 bridgehead atoms. The lowest BCUT2D eigenvalue weighted by Gasteiger charge is -2.08. The lowest BCUT2D eigenvalue weighted by Crippen LogP contribution is -2.25. The molecule has 2 aromatic rings. The van der Waals surface area contributed by atoms with Gasteiger partial charge in [-0.05, 0) is 25.0 Å². The van der Waals surface area contributed by atoms with E-state index in [2.05, 4.69) is 15.4 Å². The van der Waals surface area contributed by atoms with Crippen molar-refractivity contribution >= 4 is 33.0 Å². The van der Waals surface area contributed by atoms with Gasteiger partial charge in [0.1, 0.15) is 0 Å². The molecule has 0 amide bonds. The maximum absolute atomic E-state index is 11.7. The van der Waals surface area contributed by atoms with Gasteiger partial charge in [0.15, 0.2) is 15.5 Å². The van der Waals surface area contributed by atoms with Crippen molar-refractivity contribution in [3.05, 3.63) is 23.4 Å². The summed E-state index contributed by atoms with van der Waals surface area (Å²) in [5, 5.41) is 7.42. The van der Waals surface area contributed by atoms with Crippen molar-refractivity contribution in [1.82, 2.24) is 14.6 Å². The van der Waals surface area contributed by atoms with Crippen LogP contribution in [0.15, 0.2) is 18.3 Å². The molecule has 8 heteroatoms. The molecule has 19 heavy (non-hydrogen) atoms. The smallest absolute Gasteiger partial charge is 0.243 e. The number of hydrogen-bond acceptors (Lipinski definition) is 5. The molecular formula is C11H13ClN4O2S. The number of nitrogens with one attached hydrogen (secondary N) is 1. The van der Waals surface area contributed by atoms with Crippen LogP contribution in [0.5, 0.6) is 0 Å². The second-order valence-electron chi connectivity index (χ2n) is 4.60. The van der Waals surface area contributed by atoms with Crippen molar-refractivity contribution < 1.29 is 8.42 Å². The number of fused-ring (bicyclic) bond motifs is 1. The Bertz CT molecular complexity index is 713. The average molecular weight is 301 g/mol. The van der Waals surface area contributed by atoms with Crippen LogP contribution in [-0.4, -0.2) is 40.6 Å². The molecule has 1 unspecified atom stereocenters. The molecule has 0 radical (unpaired) electrons. The summed E-state index contributed by atoms with van der Waals surface area (Å²) in [5.41, 5.74) is 0.668. The van der Waals surface area contributed by atoms with E-state index in [1.165, 1.54) is 0 Å². The first-order chi connectivity index (χ1) is 9.04. The molecule has 1 saturated heterocycles. The molecule has 0 saturated carbocycles. The third-order valence-corrected chi connectivity index (χ3v) is 5.74. The Morgan fingerprint density at radius 1 is 1.47 bits per heavy atom. The first kappa shape index (κ1) is 12.7. The lowest BCUT2D eigenvalue weighted by molar-refractivity contribution is 0.591. The normalized spacial score (nSPS) is 21.8. The van der Waals surface area contributed by atoms with E-state index in [1.807, 2.05) is 0 Å². The highest BCUT2D eigenvalue weighted by Crippen LogP contribution is 2.20. The molecule has 0 spiro atoms. The van der Waals surface area contributed by atoms with Crippen LogP contribution in [0.4, 0.5) is 5.95 Å². The fourth-order valence-electron chi connectivity index (χ4n) is 2.23. The maximum Gasteiger partial charge on any atom is 0.243 e. The van der Waals surface area contributed by atoms with Gasteiger partial charge in [-0.3, -0.25) is 0 Å². The minimum Gasteiger partial charge on any atom is -0.352 e. The number of hydrogen-bond donors (Lipinski definition) is 1. The number of nitrogens with zero attached hydrogens (tertiary/aromatic N) is 3. The number of halogens is 1. The Morgan fingerprint density at radius 2 is 2.32 bits per heavy atom. The van der Waals surface area contributed by atoms with E-state index < -0.39 is 9.84 Å². The fourth-order valence-corrected chi connectivity index (χ4v) is 4.15. The molecule has 3 heterocycles. The number of aromatic nitrogens is 3. The van der Waals surface area contributed by atoms with E-state index >= 15 is 0 Å². The van der Waals surface area contributed by atoms with E-state index in [4.69, 9.17) is 11.6 Å². The van der Waals surface area contributed by atoms with Crippen molar-refractivity contribution in [3.63, 3.8) is 0 Å². The van der Waals surface area contributed by atoms with Gasteiger partial charge >= 0.3 is 0 Å².